The highest BCUT2D eigenvalue weighted by Crippen LogP contribution is 2.23. The molecule has 0 aliphatic rings. The predicted molar refractivity (Wildman–Crippen MR) is 74.3 cm³/mol. The minimum absolute atomic E-state index is 0.239. The molecule has 1 aromatic carbocycles. The van der Waals surface area contributed by atoms with E-state index in [0.29, 0.717) is 12.5 Å². The van der Waals surface area contributed by atoms with Crippen LogP contribution in [0.25, 0.3) is 0 Å². The van der Waals surface area contributed by atoms with Crippen LogP contribution in [-0.2, 0) is 11.8 Å². The molecule has 0 aliphatic carbocycles. The van der Waals surface area contributed by atoms with Gasteiger partial charge in [-0.15, -0.1) is 0 Å². The second-order valence-electron chi connectivity index (χ2n) is 6.10. The lowest BCUT2D eigenvalue weighted by Crippen LogP contribution is -2.10. The molecule has 0 saturated heterocycles. The Hall–Kier alpha value is -0.820. The van der Waals surface area contributed by atoms with Crippen LogP contribution in [0.2, 0.25) is 0 Å². The third-order valence-electron chi connectivity index (χ3n) is 3.37. The van der Waals surface area contributed by atoms with Crippen molar-refractivity contribution in [3.05, 3.63) is 35.4 Å². The maximum absolute atomic E-state index is 8.86. The molecule has 0 heterocycles. The molecule has 1 nitrogen and oxygen atoms in total. The summed E-state index contributed by atoms with van der Waals surface area (Å²) < 4.78 is 0. The van der Waals surface area contributed by atoms with Crippen molar-refractivity contribution in [2.75, 3.05) is 6.61 Å². The van der Waals surface area contributed by atoms with Crippen LogP contribution >= 0.6 is 0 Å². The first-order chi connectivity index (χ1) is 7.93. The van der Waals surface area contributed by atoms with Crippen LogP contribution in [0.3, 0.4) is 0 Å². The molecule has 0 spiro atoms. The van der Waals surface area contributed by atoms with Gasteiger partial charge in [0, 0.05) is 6.61 Å². The highest BCUT2D eigenvalue weighted by atomic mass is 16.3. The van der Waals surface area contributed by atoms with Crippen molar-refractivity contribution < 1.29 is 5.11 Å². The largest absolute Gasteiger partial charge is 0.396 e. The zero-order valence-electron chi connectivity index (χ0n) is 11.7. The fraction of sp³-hybridized carbons (Fsp3) is 0.625. The van der Waals surface area contributed by atoms with Crippen molar-refractivity contribution in [3.63, 3.8) is 0 Å². The van der Waals surface area contributed by atoms with Gasteiger partial charge in [0.05, 0.1) is 0 Å². The zero-order valence-corrected chi connectivity index (χ0v) is 11.7. The lowest BCUT2D eigenvalue weighted by atomic mass is 9.86. The minimum atomic E-state index is 0.239. The first-order valence-electron chi connectivity index (χ1n) is 6.63. The first-order valence-corrected chi connectivity index (χ1v) is 6.63. The number of aliphatic hydroxyl groups is 1. The summed E-state index contributed by atoms with van der Waals surface area (Å²) in [7, 11) is 0. The number of aliphatic hydroxyl groups excluding tert-OH is 1. The molecular weight excluding hydrogens is 208 g/mol. The van der Waals surface area contributed by atoms with Gasteiger partial charge in [0.2, 0.25) is 0 Å². The normalized spacial score (nSPS) is 13.7. The van der Waals surface area contributed by atoms with Crippen molar-refractivity contribution >= 4 is 0 Å². The summed E-state index contributed by atoms with van der Waals surface area (Å²) in [5.41, 5.74) is 3.04. The topological polar surface area (TPSA) is 20.2 Å². The summed E-state index contributed by atoms with van der Waals surface area (Å²) >= 11 is 0. The van der Waals surface area contributed by atoms with E-state index in [-0.39, 0.29) is 5.41 Å². The molecule has 0 saturated carbocycles. The average molecular weight is 234 g/mol. The van der Waals surface area contributed by atoms with Gasteiger partial charge in [-0.2, -0.15) is 0 Å². The Balaban J connectivity index is 2.51. The fourth-order valence-electron chi connectivity index (χ4n) is 1.95. The Kier molecular flexibility index (Phi) is 5.20. The van der Waals surface area contributed by atoms with Gasteiger partial charge in [-0.25, -0.2) is 0 Å². The summed E-state index contributed by atoms with van der Waals surface area (Å²) in [6.07, 6.45) is 3.20. The van der Waals surface area contributed by atoms with Crippen molar-refractivity contribution in [1.82, 2.24) is 0 Å². The highest BCUT2D eigenvalue weighted by Gasteiger charge is 2.12. The van der Waals surface area contributed by atoms with Crippen molar-refractivity contribution in [1.29, 1.82) is 0 Å². The number of hydrogen-bond donors (Lipinski definition) is 1. The SMILES string of the molecule is CC(CCO)CCc1ccc(C(C)(C)C)cc1. The highest BCUT2D eigenvalue weighted by molar-refractivity contribution is 5.27. The van der Waals surface area contributed by atoms with E-state index in [4.69, 9.17) is 5.11 Å². The maximum atomic E-state index is 8.86. The molecule has 1 heteroatoms. The summed E-state index contributed by atoms with van der Waals surface area (Å²) in [6.45, 7) is 9.24. The number of hydrogen-bond acceptors (Lipinski definition) is 1. The Morgan fingerprint density at radius 1 is 1.06 bits per heavy atom. The van der Waals surface area contributed by atoms with Crippen LogP contribution in [0.5, 0.6) is 0 Å². The van der Waals surface area contributed by atoms with Gasteiger partial charge in [-0.3, -0.25) is 0 Å². The van der Waals surface area contributed by atoms with E-state index in [2.05, 4.69) is 52.0 Å². The Morgan fingerprint density at radius 3 is 2.12 bits per heavy atom. The molecule has 0 aliphatic heterocycles. The van der Waals surface area contributed by atoms with Gasteiger partial charge >= 0.3 is 0 Å². The minimum Gasteiger partial charge on any atom is -0.396 e. The molecule has 1 N–H and O–H groups in total. The van der Waals surface area contributed by atoms with E-state index in [1.165, 1.54) is 11.1 Å². The summed E-state index contributed by atoms with van der Waals surface area (Å²) in [5, 5.41) is 8.86. The van der Waals surface area contributed by atoms with Crippen LogP contribution in [0.1, 0.15) is 51.7 Å². The molecule has 0 aromatic heterocycles. The molecule has 1 aromatic rings. The van der Waals surface area contributed by atoms with Crippen molar-refractivity contribution in [3.8, 4) is 0 Å². The average Bonchev–Trinajstić information content (AvgIpc) is 2.26. The third kappa shape index (κ3) is 4.91. The number of aryl methyl sites for hydroxylation is 1. The smallest absolute Gasteiger partial charge is 0.0433 e. The molecule has 1 atom stereocenters. The molecule has 0 radical (unpaired) electrons. The van der Waals surface area contributed by atoms with Crippen LogP contribution in [0.15, 0.2) is 24.3 Å². The Labute approximate surface area is 106 Å². The second kappa shape index (κ2) is 6.20. The van der Waals surface area contributed by atoms with Gasteiger partial charge in [0.1, 0.15) is 0 Å². The lowest BCUT2D eigenvalue weighted by molar-refractivity contribution is 0.258. The van der Waals surface area contributed by atoms with Crippen LogP contribution < -0.4 is 0 Å². The molecule has 17 heavy (non-hydrogen) atoms. The van der Waals surface area contributed by atoms with Gasteiger partial charge in [0.15, 0.2) is 0 Å². The van der Waals surface area contributed by atoms with Crippen molar-refractivity contribution in [2.24, 2.45) is 5.92 Å². The van der Waals surface area contributed by atoms with Crippen LogP contribution in [0.4, 0.5) is 0 Å². The number of benzene rings is 1. The molecule has 96 valence electrons. The first kappa shape index (κ1) is 14.2. The summed E-state index contributed by atoms with van der Waals surface area (Å²) in [6, 6.07) is 8.97. The van der Waals surface area contributed by atoms with Crippen LogP contribution in [0, 0.1) is 5.92 Å². The third-order valence-corrected chi connectivity index (χ3v) is 3.37. The molecule has 1 unspecified atom stereocenters. The molecule has 0 amide bonds. The van der Waals surface area contributed by atoms with Crippen LogP contribution in [-0.4, -0.2) is 11.7 Å². The molecule has 1 rings (SSSR count). The predicted octanol–water partition coefficient (Wildman–Crippen LogP) is 3.94. The molecule has 0 fully saturated rings. The fourth-order valence-corrected chi connectivity index (χ4v) is 1.95. The summed E-state index contributed by atoms with van der Waals surface area (Å²) in [5.74, 6) is 0.613. The lowest BCUT2D eigenvalue weighted by Gasteiger charge is -2.19. The van der Waals surface area contributed by atoms with Gasteiger partial charge in [0.25, 0.3) is 0 Å². The monoisotopic (exact) mass is 234 g/mol. The molecular formula is C16H26O. The number of rotatable bonds is 5. The van der Waals surface area contributed by atoms with E-state index >= 15 is 0 Å². The van der Waals surface area contributed by atoms with Gasteiger partial charge in [-0.1, -0.05) is 52.0 Å². The van der Waals surface area contributed by atoms with Gasteiger partial charge in [-0.05, 0) is 41.7 Å². The van der Waals surface area contributed by atoms with E-state index in [0.717, 1.165) is 19.3 Å². The molecule has 0 bridgehead atoms. The standard InChI is InChI=1S/C16H26O/c1-13(11-12-17)5-6-14-7-9-15(10-8-14)16(2,3)4/h7-10,13,17H,5-6,11-12H2,1-4H3. The Morgan fingerprint density at radius 2 is 1.65 bits per heavy atom. The Bertz CT molecular complexity index is 318. The maximum Gasteiger partial charge on any atom is 0.0433 e. The second-order valence-corrected chi connectivity index (χ2v) is 6.10. The van der Waals surface area contributed by atoms with Crippen molar-refractivity contribution in [2.45, 2.75) is 52.4 Å². The summed E-state index contributed by atoms with van der Waals surface area (Å²) in [4.78, 5) is 0. The van der Waals surface area contributed by atoms with E-state index in [1.807, 2.05) is 0 Å². The quantitative estimate of drug-likeness (QED) is 0.818. The van der Waals surface area contributed by atoms with E-state index in [1.54, 1.807) is 0 Å². The zero-order chi connectivity index (χ0) is 12.9. The van der Waals surface area contributed by atoms with E-state index < -0.39 is 0 Å². The van der Waals surface area contributed by atoms with E-state index in [9.17, 15) is 0 Å². The van der Waals surface area contributed by atoms with Gasteiger partial charge < -0.3 is 5.11 Å².